The van der Waals surface area contributed by atoms with Gasteiger partial charge in [-0.05, 0) is 76.3 Å². The Labute approximate surface area is 227 Å². The van der Waals surface area contributed by atoms with Gasteiger partial charge < -0.3 is 10.2 Å². The number of hydrogen-bond donors (Lipinski definition) is 1. The zero-order valence-electron chi connectivity index (χ0n) is 23.0. The molecular formula is C28H40ClN3O4S. The predicted molar refractivity (Wildman–Crippen MR) is 151 cm³/mol. The minimum absolute atomic E-state index is 0.0941. The molecule has 0 bridgehead atoms. The van der Waals surface area contributed by atoms with E-state index in [2.05, 4.69) is 5.32 Å². The van der Waals surface area contributed by atoms with Crippen molar-refractivity contribution in [3.63, 3.8) is 0 Å². The number of sulfonamides is 1. The van der Waals surface area contributed by atoms with E-state index < -0.39 is 21.6 Å². The van der Waals surface area contributed by atoms with E-state index in [9.17, 15) is 18.0 Å². The fourth-order valence-electron chi connectivity index (χ4n) is 4.19. The number of aryl methyl sites for hydroxylation is 1. The molecule has 9 heteroatoms. The van der Waals surface area contributed by atoms with Crippen LogP contribution in [0.3, 0.4) is 0 Å². The Hall–Kier alpha value is -2.58. The number of nitrogens with zero attached hydrogens (tertiary/aromatic N) is 2. The molecule has 0 aromatic heterocycles. The SMILES string of the molecule is CCC(C(=O)NC(C)(C)C)N(Cc1ccccc1C)C(=O)CCCN(c1cccc(Cl)c1C)S(C)(=O)=O. The number of carbonyl (C=O) groups excluding carboxylic acids is 2. The van der Waals surface area contributed by atoms with Crippen molar-refractivity contribution in [2.45, 2.75) is 78.9 Å². The van der Waals surface area contributed by atoms with Gasteiger partial charge in [-0.3, -0.25) is 13.9 Å². The van der Waals surface area contributed by atoms with E-state index in [0.29, 0.717) is 35.7 Å². The summed E-state index contributed by atoms with van der Waals surface area (Å²) in [5.74, 6) is -0.403. The second kappa shape index (κ2) is 12.8. The Morgan fingerprint density at radius 1 is 1.05 bits per heavy atom. The van der Waals surface area contributed by atoms with E-state index in [1.807, 2.05) is 58.9 Å². The Kier molecular flexibility index (Phi) is 10.6. The van der Waals surface area contributed by atoms with Crippen LogP contribution in [0.15, 0.2) is 42.5 Å². The van der Waals surface area contributed by atoms with Crippen LogP contribution in [0.2, 0.25) is 5.02 Å². The molecule has 0 aliphatic rings. The van der Waals surface area contributed by atoms with Crippen LogP contribution in [-0.4, -0.2) is 49.5 Å². The van der Waals surface area contributed by atoms with Crippen molar-refractivity contribution in [1.29, 1.82) is 0 Å². The minimum Gasteiger partial charge on any atom is -0.350 e. The molecule has 2 aromatic rings. The normalized spacial score (nSPS) is 12.6. The van der Waals surface area contributed by atoms with Crippen molar-refractivity contribution >= 4 is 39.1 Å². The first-order valence-corrected chi connectivity index (χ1v) is 14.8. The molecule has 1 N–H and O–H groups in total. The van der Waals surface area contributed by atoms with Gasteiger partial charge in [0, 0.05) is 30.1 Å². The van der Waals surface area contributed by atoms with Crippen molar-refractivity contribution in [1.82, 2.24) is 10.2 Å². The number of hydrogen-bond acceptors (Lipinski definition) is 4. The molecule has 0 aliphatic heterocycles. The number of benzene rings is 2. The van der Waals surface area contributed by atoms with E-state index in [0.717, 1.165) is 17.4 Å². The van der Waals surface area contributed by atoms with Crippen LogP contribution in [0.5, 0.6) is 0 Å². The first-order valence-electron chi connectivity index (χ1n) is 12.5. The molecule has 0 spiro atoms. The summed E-state index contributed by atoms with van der Waals surface area (Å²) in [7, 11) is -3.60. The highest BCUT2D eigenvalue weighted by atomic mass is 35.5. The van der Waals surface area contributed by atoms with Crippen molar-refractivity contribution < 1.29 is 18.0 Å². The molecule has 0 aliphatic carbocycles. The van der Waals surface area contributed by atoms with E-state index in [4.69, 9.17) is 11.6 Å². The van der Waals surface area contributed by atoms with E-state index in [-0.39, 0.29) is 24.8 Å². The van der Waals surface area contributed by atoms with Gasteiger partial charge in [0.15, 0.2) is 0 Å². The van der Waals surface area contributed by atoms with Crippen molar-refractivity contribution in [2.75, 3.05) is 17.1 Å². The van der Waals surface area contributed by atoms with Crippen LogP contribution in [0.25, 0.3) is 0 Å². The summed E-state index contributed by atoms with van der Waals surface area (Å²) in [6.07, 6.45) is 1.98. The minimum atomic E-state index is -3.60. The summed E-state index contributed by atoms with van der Waals surface area (Å²) < 4.78 is 26.5. The number of halogens is 1. The Balaban J connectivity index is 2.29. The highest BCUT2D eigenvalue weighted by Gasteiger charge is 2.31. The maximum Gasteiger partial charge on any atom is 0.243 e. The van der Waals surface area contributed by atoms with Gasteiger partial charge in [0.05, 0.1) is 11.9 Å². The lowest BCUT2D eigenvalue weighted by molar-refractivity contribution is -0.142. The molecule has 2 rings (SSSR count). The molecular weight excluding hydrogens is 510 g/mol. The quantitative estimate of drug-likeness (QED) is 0.416. The van der Waals surface area contributed by atoms with Gasteiger partial charge in [-0.1, -0.05) is 48.9 Å². The maximum absolute atomic E-state index is 13.6. The van der Waals surface area contributed by atoms with Crippen molar-refractivity contribution in [3.05, 3.63) is 64.2 Å². The third-order valence-electron chi connectivity index (χ3n) is 6.15. The Morgan fingerprint density at radius 3 is 2.27 bits per heavy atom. The molecule has 37 heavy (non-hydrogen) atoms. The zero-order chi connectivity index (χ0) is 28.0. The van der Waals surface area contributed by atoms with Crippen LogP contribution in [0.1, 0.15) is 63.6 Å². The number of anilines is 1. The number of nitrogens with one attached hydrogen (secondary N) is 1. The predicted octanol–water partition coefficient (Wildman–Crippen LogP) is 5.23. The van der Waals surface area contributed by atoms with E-state index in [1.165, 1.54) is 4.31 Å². The molecule has 1 atom stereocenters. The lowest BCUT2D eigenvalue weighted by Gasteiger charge is -2.33. The Morgan fingerprint density at radius 2 is 1.70 bits per heavy atom. The standard InChI is InChI=1S/C28H40ClN3O4S/c1-8-24(27(34)30-28(4,5)6)31(19-22-14-10-9-13-20(22)2)26(33)17-12-18-32(37(7,35)36)25-16-11-15-23(29)21(25)3/h9-11,13-16,24H,8,12,17-19H2,1-7H3,(H,30,34). The summed E-state index contributed by atoms with van der Waals surface area (Å²) in [6, 6.07) is 12.3. The third kappa shape index (κ3) is 8.75. The molecule has 204 valence electrons. The largest absolute Gasteiger partial charge is 0.350 e. The summed E-state index contributed by atoms with van der Waals surface area (Å²) in [6.45, 7) is 11.8. The van der Waals surface area contributed by atoms with Gasteiger partial charge in [0.1, 0.15) is 6.04 Å². The maximum atomic E-state index is 13.6. The Bertz CT molecular complexity index is 1210. The number of carbonyl (C=O) groups is 2. The smallest absolute Gasteiger partial charge is 0.243 e. The van der Waals surface area contributed by atoms with E-state index >= 15 is 0 Å². The van der Waals surface area contributed by atoms with E-state index in [1.54, 1.807) is 30.0 Å². The van der Waals surface area contributed by atoms with Crippen LogP contribution < -0.4 is 9.62 Å². The average Bonchev–Trinajstić information content (AvgIpc) is 2.78. The van der Waals surface area contributed by atoms with Gasteiger partial charge in [-0.2, -0.15) is 0 Å². The van der Waals surface area contributed by atoms with Crippen molar-refractivity contribution in [3.8, 4) is 0 Å². The fraction of sp³-hybridized carbons (Fsp3) is 0.500. The lowest BCUT2D eigenvalue weighted by atomic mass is 10.0. The molecule has 2 aromatic carbocycles. The van der Waals surface area contributed by atoms with Gasteiger partial charge in [-0.25, -0.2) is 8.42 Å². The molecule has 0 fully saturated rings. The highest BCUT2D eigenvalue weighted by molar-refractivity contribution is 7.92. The summed E-state index contributed by atoms with van der Waals surface area (Å²) in [4.78, 5) is 28.4. The molecule has 0 radical (unpaired) electrons. The molecule has 0 saturated carbocycles. The summed E-state index contributed by atoms with van der Waals surface area (Å²) in [5.41, 5.74) is 2.71. The monoisotopic (exact) mass is 549 g/mol. The second-order valence-electron chi connectivity index (χ2n) is 10.4. The van der Waals surface area contributed by atoms with Crippen LogP contribution in [0.4, 0.5) is 5.69 Å². The number of rotatable bonds is 11. The molecule has 0 saturated heterocycles. The molecule has 1 unspecified atom stereocenters. The molecule has 0 heterocycles. The number of amides is 2. The van der Waals surface area contributed by atoms with Crippen LogP contribution in [0, 0.1) is 13.8 Å². The highest BCUT2D eigenvalue weighted by Crippen LogP contribution is 2.28. The fourth-order valence-corrected chi connectivity index (χ4v) is 5.38. The first-order chi connectivity index (χ1) is 17.2. The topological polar surface area (TPSA) is 86.8 Å². The van der Waals surface area contributed by atoms with Gasteiger partial charge in [0.2, 0.25) is 21.8 Å². The van der Waals surface area contributed by atoms with Crippen LogP contribution >= 0.6 is 11.6 Å². The van der Waals surface area contributed by atoms with Gasteiger partial charge in [-0.15, -0.1) is 0 Å². The van der Waals surface area contributed by atoms with Gasteiger partial charge >= 0.3 is 0 Å². The van der Waals surface area contributed by atoms with Crippen LogP contribution in [-0.2, 0) is 26.2 Å². The average molecular weight is 550 g/mol. The molecule has 2 amide bonds. The molecule has 7 nitrogen and oxygen atoms in total. The van der Waals surface area contributed by atoms with Gasteiger partial charge in [0.25, 0.3) is 0 Å². The first kappa shape index (κ1) is 30.6. The zero-order valence-corrected chi connectivity index (χ0v) is 24.5. The third-order valence-corrected chi connectivity index (χ3v) is 7.74. The van der Waals surface area contributed by atoms with Crippen molar-refractivity contribution in [2.24, 2.45) is 0 Å². The summed E-state index contributed by atoms with van der Waals surface area (Å²) in [5, 5.41) is 3.47. The lowest BCUT2D eigenvalue weighted by Crippen LogP contribution is -2.53. The summed E-state index contributed by atoms with van der Waals surface area (Å²) >= 11 is 6.23. The second-order valence-corrected chi connectivity index (χ2v) is 12.7.